The van der Waals surface area contributed by atoms with Gasteiger partial charge in [0.25, 0.3) is 5.91 Å². The van der Waals surface area contributed by atoms with Gasteiger partial charge in [-0.2, -0.15) is 5.10 Å². The second-order valence-electron chi connectivity index (χ2n) is 6.09. The Kier molecular flexibility index (Phi) is 4.49. The Hall–Kier alpha value is -3.74. The van der Waals surface area contributed by atoms with E-state index in [1.807, 2.05) is 60.2 Å². The number of aromatic nitrogens is 5. The number of hydrogen-bond donors (Lipinski definition) is 2. The van der Waals surface area contributed by atoms with Gasteiger partial charge in [-0.1, -0.05) is 36.4 Å². The highest BCUT2D eigenvalue weighted by Crippen LogP contribution is 2.23. The lowest BCUT2D eigenvalue weighted by Crippen LogP contribution is -2.15. The Labute approximate surface area is 156 Å². The fraction of sp³-hybridized carbons (Fsp3) is 0.100. The third-order valence-corrected chi connectivity index (χ3v) is 4.37. The first-order valence-electron chi connectivity index (χ1n) is 8.54. The lowest BCUT2D eigenvalue weighted by atomic mass is 10.1. The third kappa shape index (κ3) is 3.48. The Bertz CT molecular complexity index is 1070. The van der Waals surface area contributed by atoms with Crippen molar-refractivity contribution >= 4 is 11.6 Å². The lowest BCUT2D eigenvalue weighted by molar-refractivity contribution is 0.102. The second-order valence-corrected chi connectivity index (χ2v) is 6.09. The number of anilines is 1. The quantitative estimate of drug-likeness (QED) is 0.573. The van der Waals surface area contributed by atoms with Crippen molar-refractivity contribution in [1.82, 2.24) is 24.7 Å². The fourth-order valence-corrected chi connectivity index (χ4v) is 2.95. The van der Waals surface area contributed by atoms with Crippen LogP contribution in [0.4, 0.5) is 5.69 Å². The topological polar surface area (TPSA) is 88.5 Å². The van der Waals surface area contributed by atoms with Gasteiger partial charge in [-0.25, -0.2) is 9.97 Å². The number of benzene rings is 2. The van der Waals surface area contributed by atoms with Crippen LogP contribution in [0.2, 0.25) is 0 Å². The van der Waals surface area contributed by atoms with Gasteiger partial charge in [0.05, 0.1) is 12.1 Å². The van der Waals surface area contributed by atoms with Crippen LogP contribution < -0.4 is 5.32 Å². The highest BCUT2D eigenvalue weighted by Gasteiger charge is 2.15. The van der Waals surface area contributed by atoms with Gasteiger partial charge < -0.3 is 9.88 Å². The number of imidazole rings is 1. The number of hydrogen-bond acceptors (Lipinski definition) is 4. The Morgan fingerprint density at radius 1 is 1.11 bits per heavy atom. The standard InChI is InChI=1S/C20H18N6O/c1-14-21-10-11-26(14)12-15-6-2-5-9-18(15)24-20(27)17-8-4-3-7-16(17)19-22-13-23-25-19/h2-11,13H,12H2,1H3,(H,24,27)(H,22,23,25). The molecule has 4 rings (SSSR count). The number of carbonyl (C=O) groups is 1. The van der Waals surface area contributed by atoms with Crippen molar-refractivity contribution in [3.05, 3.63) is 84.2 Å². The number of carbonyl (C=O) groups excluding carboxylic acids is 1. The van der Waals surface area contributed by atoms with Crippen LogP contribution in [-0.4, -0.2) is 30.6 Å². The van der Waals surface area contributed by atoms with E-state index in [4.69, 9.17) is 0 Å². The number of H-pyrrole nitrogens is 1. The smallest absolute Gasteiger partial charge is 0.256 e. The summed E-state index contributed by atoms with van der Waals surface area (Å²) in [6.45, 7) is 2.58. The van der Waals surface area contributed by atoms with E-state index in [2.05, 4.69) is 25.5 Å². The van der Waals surface area contributed by atoms with Gasteiger partial charge in [-0.15, -0.1) is 0 Å². The number of aromatic amines is 1. The molecule has 0 aliphatic heterocycles. The van der Waals surface area contributed by atoms with E-state index in [1.54, 1.807) is 12.3 Å². The van der Waals surface area contributed by atoms with Crippen LogP contribution >= 0.6 is 0 Å². The van der Waals surface area contributed by atoms with Crippen LogP contribution in [0.25, 0.3) is 11.4 Å². The summed E-state index contributed by atoms with van der Waals surface area (Å²) < 4.78 is 2.04. The molecule has 0 spiro atoms. The molecule has 27 heavy (non-hydrogen) atoms. The van der Waals surface area contributed by atoms with E-state index < -0.39 is 0 Å². The summed E-state index contributed by atoms with van der Waals surface area (Å²) in [7, 11) is 0. The first-order chi connectivity index (χ1) is 13.2. The normalized spacial score (nSPS) is 10.7. The minimum atomic E-state index is -0.197. The third-order valence-electron chi connectivity index (χ3n) is 4.37. The fourth-order valence-electron chi connectivity index (χ4n) is 2.95. The van der Waals surface area contributed by atoms with Crippen molar-refractivity contribution in [2.45, 2.75) is 13.5 Å². The average molecular weight is 358 g/mol. The molecule has 0 atom stereocenters. The molecule has 0 unspecified atom stereocenters. The van der Waals surface area contributed by atoms with Gasteiger partial charge >= 0.3 is 0 Å². The summed E-state index contributed by atoms with van der Waals surface area (Å²) in [4.78, 5) is 21.4. The SMILES string of the molecule is Cc1nccn1Cc1ccccc1NC(=O)c1ccccc1-c1ncn[nH]1. The zero-order valence-electron chi connectivity index (χ0n) is 14.8. The van der Waals surface area contributed by atoms with Crippen molar-refractivity contribution in [2.24, 2.45) is 0 Å². The number of nitrogens with one attached hydrogen (secondary N) is 2. The molecule has 4 aromatic rings. The summed E-state index contributed by atoms with van der Waals surface area (Å²) in [5, 5.41) is 9.71. The van der Waals surface area contributed by atoms with Gasteiger partial charge in [0.2, 0.25) is 0 Å². The molecule has 0 aliphatic rings. The number of nitrogens with zero attached hydrogens (tertiary/aromatic N) is 4. The van der Waals surface area contributed by atoms with Crippen LogP contribution in [0.1, 0.15) is 21.7 Å². The zero-order valence-corrected chi connectivity index (χ0v) is 14.8. The molecular weight excluding hydrogens is 340 g/mol. The van der Waals surface area contributed by atoms with Gasteiger partial charge in [0, 0.05) is 23.6 Å². The Balaban J connectivity index is 1.62. The number of aryl methyl sites for hydroxylation is 1. The Morgan fingerprint density at radius 2 is 1.93 bits per heavy atom. The minimum absolute atomic E-state index is 0.197. The van der Waals surface area contributed by atoms with E-state index >= 15 is 0 Å². The number of para-hydroxylation sites is 1. The predicted octanol–water partition coefficient (Wildman–Crippen LogP) is 3.28. The molecule has 0 bridgehead atoms. The van der Waals surface area contributed by atoms with E-state index in [1.165, 1.54) is 6.33 Å². The maximum Gasteiger partial charge on any atom is 0.256 e. The molecule has 0 saturated carbocycles. The van der Waals surface area contributed by atoms with Crippen LogP contribution in [0, 0.1) is 6.92 Å². The maximum atomic E-state index is 13.0. The molecule has 2 N–H and O–H groups in total. The lowest BCUT2D eigenvalue weighted by Gasteiger charge is -2.13. The molecule has 2 aromatic heterocycles. The highest BCUT2D eigenvalue weighted by molar-refractivity contribution is 6.08. The van der Waals surface area contributed by atoms with Gasteiger partial charge in [0.1, 0.15) is 12.2 Å². The van der Waals surface area contributed by atoms with Gasteiger partial charge in [-0.05, 0) is 24.6 Å². The molecule has 0 aliphatic carbocycles. The minimum Gasteiger partial charge on any atom is -0.331 e. The molecule has 0 fully saturated rings. The van der Waals surface area contributed by atoms with Gasteiger partial charge in [-0.3, -0.25) is 9.89 Å². The van der Waals surface area contributed by atoms with E-state index in [-0.39, 0.29) is 5.91 Å². The summed E-state index contributed by atoms with van der Waals surface area (Å²) in [6.07, 6.45) is 5.12. The highest BCUT2D eigenvalue weighted by atomic mass is 16.1. The first kappa shape index (κ1) is 16.7. The molecule has 2 heterocycles. The van der Waals surface area contributed by atoms with E-state index in [0.29, 0.717) is 23.5 Å². The molecule has 1 amide bonds. The average Bonchev–Trinajstić information content (AvgIpc) is 3.36. The van der Waals surface area contributed by atoms with E-state index in [0.717, 1.165) is 17.1 Å². The number of amides is 1. The van der Waals surface area contributed by atoms with Crippen LogP contribution in [0.5, 0.6) is 0 Å². The van der Waals surface area contributed by atoms with Crippen molar-refractivity contribution in [3.63, 3.8) is 0 Å². The molecular formula is C20H18N6O. The van der Waals surface area contributed by atoms with Crippen LogP contribution in [0.15, 0.2) is 67.3 Å². The van der Waals surface area contributed by atoms with Gasteiger partial charge in [0.15, 0.2) is 5.82 Å². The zero-order chi connectivity index (χ0) is 18.6. The summed E-state index contributed by atoms with van der Waals surface area (Å²) in [5.74, 6) is 1.28. The van der Waals surface area contributed by atoms with Crippen LogP contribution in [-0.2, 0) is 6.54 Å². The maximum absolute atomic E-state index is 13.0. The molecule has 7 heteroatoms. The predicted molar refractivity (Wildman–Crippen MR) is 102 cm³/mol. The first-order valence-corrected chi connectivity index (χ1v) is 8.54. The molecule has 0 saturated heterocycles. The molecule has 7 nitrogen and oxygen atoms in total. The molecule has 0 radical (unpaired) electrons. The largest absolute Gasteiger partial charge is 0.331 e. The van der Waals surface area contributed by atoms with Crippen molar-refractivity contribution < 1.29 is 4.79 Å². The molecule has 2 aromatic carbocycles. The van der Waals surface area contributed by atoms with Crippen molar-refractivity contribution in [2.75, 3.05) is 5.32 Å². The van der Waals surface area contributed by atoms with Crippen molar-refractivity contribution in [3.8, 4) is 11.4 Å². The Morgan fingerprint density at radius 3 is 2.70 bits per heavy atom. The summed E-state index contributed by atoms with van der Waals surface area (Å²) in [6, 6.07) is 15.1. The van der Waals surface area contributed by atoms with Crippen LogP contribution in [0.3, 0.4) is 0 Å². The number of rotatable bonds is 5. The van der Waals surface area contributed by atoms with Crippen molar-refractivity contribution in [1.29, 1.82) is 0 Å². The summed E-state index contributed by atoms with van der Waals surface area (Å²) >= 11 is 0. The second kappa shape index (κ2) is 7.25. The monoisotopic (exact) mass is 358 g/mol. The summed E-state index contributed by atoms with van der Waals surface area (Å²) in [5.41, 5.74) is 3.00. The molecule has 134 valence electrons. The van der Waals surface area contributed by atoms with E-state index in [9.17, 15) is 4.79 Å².